The SMILES string of the molecule is CCCCCCCCNc1ccc(CCCCC)c([O-])c1[O-].[Ni+2]. The molecular weight excluding hydrogens is 333 g/mol. The van der Waals surface area contributed by atoms with Crippen molar-refractivity contribution in [3.8, 4) is 11.5 Å². The number of anilines is 1. The molecule has 0 atom stereocenters. The minimum absolute atomic E-state index is 0. The van der Waals surface area contributed by atoms with Crippen LogP contribution in [0.3, 0.4) is 0 Å². The van der Waals surface area contributed by atoms with E-state index >= 15 is 0 Å². The maximum atomic E-state index is 12.1. The van der Waals surface area contributed by atoms with Gasteiger partial charge in [0.15, 0.2) is 0 Å². The second-order valence-electron chi connectivity index (χ2n) is 6.08. The number of benzene rings is 1. The Morgan fingerprint density at radius 2 is 1.39 bits per heavy atom. The van der Waals surface area contributed by atoms with Crippen molar-refractivity contribution in [1.29, 1.82) is 0 Å². The van der Waals surface area contributed by atoms with Crippen molar-refractivity contribution in [2.75, 3.05) is 11.9 Å². The summed E-state index contributed by atoms with van der Waals surface area (Å²) in [6.07, 6.45) is 11.3. The van der Waals surface area contributed by atoms with Gasteiger partial charge in [0.05, 0.1) is 0 Å². The van der Waals surface area contributed by atoms with Crippen LogP contribution >= 0.6 is 0 Å². The Morgan fingerprint density at radius 1 is 0.783 bits per heavy atom. The molecule has 23 heavy (non-hydrogen) atoms. The Morgan fingerprint density at radius 3 is 2.09 bits per heavy atom. The average Bonchev–Trinajstić information content (AvgIpc) is 2.52. The number of hydrogen-bond donors (Lipinski definition) is 1. The minimum Gasteiger partial charge on any atom is -0.873 e. The number of nitrogens with one attached hydrogen (secondary N) is 1. The quantitative estimate of drug-likeness (QED) is 0.444. The van der Waals surface area contributed by atoms with Crippen LogP contribution < -0.4 is 15.5 Å². The smallest absolute Gasteiger partial charge is 0.873 e. The summed E-state index contributed by atoms with van der Waals surface area (Å²) in [6, 6.07) is 3.60. The fraction of sp³-hybridized carbons (Fsp3) is 0.684. The maximum absolute atomic E-state index is 12.1. The fourth-order valence-corrected chi connectivity index (χ4v) is 2.63. The van der Waals surface area contributed by atoms with Crippen LogP contribution in [0.2, 0.25) is 0 Å². The molecule has 1 aromatic rings. The van der Waals surface area contributed by atoms with Crippen LogP contribution in [-0.2, 0) is 22.9 Å². The Hall–Kier alpha value is -0.886. The van der Waals surface area contributed by atoms with Gasteiger partial charge in [0.2, 0.25) is 0 Å². The third-order valence-corrected chi connectivity index (χ3v) is 4.09. The Balaban J connectivity index is 0.00000484. The molecule has 0 aliphatic carbocycles. The van der Waals surface area contributed by atoms with Crippen molar-refractivity contribution in [3.05, 3.63) is 17.7 Å². The van der Waals surface area contributed by atoms with Gasteiger partial charge in [-0.1, -0.05) is 76.2 Å². The summed E-state index contributed by atoms with van der Waals surface area (Å²) in [5.41, 5.74) is 1.14. The van der Waals surface area contributed by atoms with Crippen molar-refractivity contribution in [2.45, 2.75) is 78.1 Å². The number of hydrogen-bond acceptors (Lipinski definition) is 3. The van der Waals surface area contributed by atoms with Gasteiger partial charge in [-0.05, 0) is 25.3 Å². The summed E-state index contributed by atoms with van der Waals surface area (Å²) in [5.74, 6) is -0.677. The molecule has 0 bridgehead atoms. The zero-order valence-corrected chi connectivity index (χ0v) is 15.6. The molecule has 0 radical (unpaired) electrons. The van der Waals surface area contributed by atoms with Gasteiger partial charge in [0.25, 0.3) is 0 Å². The van der Waals surface area contributed by atoms with E-state index in [-0.39, 0.29) is 28.0 Å². The Labute approximate surface area is 151 Å². The maximum Gasteiger partial charge on any atom is 2.00 e. The third-order valence-electron chi connectivity index (χ3n) is 4.09. The Bertz CT molecular complexity index is 424. The molecule has 0 aliphatic rings. The Kier molecular flexibility index (Phi) is 13.0. The van der Waals surface area contributed by atoms with Crippen LogP contribution in [0.1, 0.15) is 77.2 Å². The average molecular weight is 364 g/mol. The molecular formula is C19H31NNiO2. The molecule has 0 saturated heterocycles. The fourth-order valence-electron chi connectivity index (χ4n) is 2.63. The van der Waals surface area contributed by atoms with E-state index in [1.54, 1.807) is 6.07 Å². The second-order valence-corrected chi connectivity index (χ2v) is 6.08. The van der Waals surface area contributed by atoms with E-state index in [1.807, 2.05) is 6.07 Å². The van der Waals surface area contributed by atoms with E-state index in [0.717, 1.165) is 38.6 Å². The molecule has 1 aromatic carbocycles. The first-order valence-corrected chi connectivity index (χ1v) is 8.94. The molecule has 0 aliphatic heterocycles. The van der Waals surface area contributed by atoms with Gasteiger partial charge in [0.1, 0.15) is 0 Å². The summed E-state index contributed by atoms with van der Waals surface area (Å²) in [6.45, 7) is 5.12. The summed E-state index contributed by atoms with van der Waals surface area (Å²) in [4.78, 5) is 0. The molecule has 4 heteroatoms. The molecule has 0 heterocycles. The van der Waals surface area contributed by atoms with Gasteiger partial charge < -0.3 is 15.5 Å². The van der Waals surface area contributed by atoms with E-state index in [2.05, 4.69) is 19.2 Å². The first-order chi connectivity index (χ1) is 10.7. The van der Waals surface area contributed by atoms with Crippen LogP contribution in [0.4, 0.5) is 5.69 Å². The topological polar surface area (TPSA) is 58.1 Å². The van der Waals surface area contributed by atoms with E-state index in [1.165, 1.54) is 32.1 Å². The van der Waals surface area contributed by atoms with Crippen molar-refractivity contribution >= 4 is 5.69 Å². The normalized spacial score (nSPS) is 10.3. The van der Waals surface area contributed by atoms with E-state index in [4.69, 9.17) is 0 Å². The molecule has 0 unspecified atom stereocenters. The van der Waals surface area contributed by atoms with E-state index < -0.39 is 0 Å². The van der Waals surface area contributed by atoms with Crippen molar-refractivity contribution in [1.82, 2.24) is 0 Å². The van der Waals surface area contributed by atoms with Gasteiger partial charge in [-0.2, -0.15) is 0 Å². The molecule has 1 N–H and O–H groups in total. The second kappa shape index (κ2) is 13.5. The van der Waals surface area contributed by atoms with Crippen LogP contribution in [0, 0.1) is 0 Å². The van der Waals surface area contributed by atoms with Gasteiger partial charge >= 0.3 is 16.5 Å². The number of unbranched alkanes of at least 4 members (excludes halogenated alkanes) is 7. The zero-order valence-electron chi connectivity index (χ0n) is 14.6. The minimum atomic E-state index is -0.361. The molecule has 134 valence electrons. The van der Waals surface area contributed by atoms with Crippen molar-refractivity contribution in [3.63, 3.8) is 0 Å². The monoisotopic (exact) mass is 363 g/mol. The standard InChI is InChI=1S/C19H33NO2.Ni/c1-3-5-7-8-9-11-15-20-17-14-13-16(12-10-6-4-2)18(21)19(17)22;/h13-14,20-22H,3-12,15H2,1-2H3;/q;+2/p-2. The molecule has 0 saturated carbocycles. The molecule has 0 fully saturated rings. The summed E-state index contributed by atoms with van der Waals surface area (Å²) in [5, 5.41) is 27.2. The van der Waals surface area contributed by atoms with E-state index in [0.29, 0.717) is 11.3 Å². The molecule has 0 amide bonds. The first kappa shape index (κ1) is 22.1. The third kappa shape index (κ3) is 8.51. The van der Waals surface area contributed by atoms with Crippen molar-refractivity contribution in [2.24, 2.45) is 0 Å². The van der Waals surface area contributed by atoms with E-state index in [9.17, 15) is 10.2 Å². The van der Waals surface area contributed by atoms with Crippen LogP contribution in [0.25, 0.3) is 0 Å². The van der Waals surface area contributed by atoms with Crippen LogP contribution in [0.5, 0.6) is 11.5 Å². The van der Waals surface area contributed by atoms with Gasteiger partial charge in [-0.15, -0.1) is 5.75 Å². The molecule has 1 rings (SSSR count). The van der Waals surface area contributed by atoms with Gasteiger partial charge in [0, 0.05) is 12.2 Å². The molecule has 0 spiro atoms. The van der Waals surface area contributed by atoms with Crippen LogP contribution in [0.15, 0.2) is 12.1 Å². The molecule has 0 aromatic heterocycles. The van der Waals surface area contributed by atoms with Crippen molar-refractivity contribution < 1.29 is 26.7 Å². The largest absolute Gasteiger partial charge is 2.00 e. The first-order valence-electron chi connectivity index (χ1n) is 8.94. The number of rotatable bonds is 12. The summed E-state index contributed by atoms with van der Waals surface area (Å²) < 4.78 is 0. The zero-order chi connectivity index (χ0) is 16.2. The molecule has 3 nitrogen and oxygen atoms in total. The summed E-state index contributed by atoms with van der Waals surface area (Å²) >= 11 is 0. The predicted octanol–water partition coefficient (Wildman–Crippen LogP) is 4.34. The predicted molar refractivity (Wildman–Crippen MR) is 90.4 cm³/mol. The van der Waals surface area contributed by atoms with Gasteiger partial charge in [-0.25, -0.2) is 0 Å². The van der Waals surface area contributed by atoms with Crippen LogP contribution in [-0.4, -0.2) is 6.54 Å². The van der Waals surface area contributed by atoms with Gasteiger partial charge in [-0.3, -0.25) is 0 Å². The number of aryl methyl sites for hydroxylation is 1. The summed E-state index contributed by atoms with van der Waals surface area (Å²) in [7, 11) is 0.